The Morgan fingerprint density at radius 3 is 2.55 bits per heavy atom. The third-order valence-electron chi connectivity index (χ3n) is 5.60. The standard InChI is InChI=1S/C27H25N3O3/c1-17-11-12-22(18(2)13-17)24-15-27(33)30(25-10-5-4-9-23(25)29-24)16-26(32)28-21-8-6-7-20(14-21)19(3)31/h4-14H,15-16H2,1-3H3,(H,28,32). The molecule has 3 aromatic rings. The van der Waals surface area contributed by atoms with Crippen molar-refractivity contribution in [3.63, 3.8) is 0 Å². The number of amides is 2. The lowest BCUT2D eigenvalue weighted by molar-refractivity contribution is -0.120. The van der Waals surface area contributed by atoms with Gasteiger partial charge in [-0.2, -0.15) is 0 Å². The quantitative estimate of drug-likeness (QED) is 0.568. The van der Waals surface area contributed by atoms with Crippen molar-refractivity contribution < 1.29 is 14.4 Å². The number of hydrogen-bond donors (Lipinski definition) is 1. The fourth-order valence-corrected chi connectivity index (χ4v) is 3.97. The molecule has 0 spiro atoms. The van der Waals surface area contributed by atoms with Crippen molar-refractivity contribution in [3.8, 4) is 0 Å². The van der Waals surface area contributed by atoms with E-state index < -0.39 is 0 Å². The summed E-state index contributed by atoms with van der Waals surface area (Å²) in [6, 6.07) is 20.1. The summed E-state index contributed by atoms with van der Waals surface area (Å²) in [5.41, 5.74) is 6.06. The number of carbonyl (C=O) groups excluding carboxylic acids is 3. The number of ketones is 1. The zero-order valence-electron chi connectivity index (χ0n) is 18.9. The second-order valence-electron chi connectivity index (χ2n) is 8.21. The van der Waals surface area contributed by atoms with Crippen LogP contribution in [0.3, 0.4) is 0 Å². The number of Topliss-reactive ketones (excluding diaryl/α,β-unsaturated/α-hetero) is 1. The molecular weight excluding hydrogens is 414 g/mol. The molecule has 1 N–H and O–H groups in total. The van der Waals surface area contributed by atoms with Crippen molar-refractivity contribution >= 4 is 40.4 Å². The third kappa shape index (κ3) is 4.90. The van der Waals surface area contributed by atoms with Crippen molar-refractivity contribution in [2.24, 2.45) is 4.99 Å². The smallest absolute Gasteiger partial charge is 0.244 e. The highest BCUT2D eigenvalue weighted by atomic mass is 16.2. The van der Waals surface area contributed by atoms with Crippen molar-refractivity contribution in [1.82, 2.24) is 0 Å². The average Bonchev–Trinajstić information content (AvgIpc) is 2.90. The highest BCUT2D eigenvalue weighted by molar-refractivity contribution is 6.19. The van der Waals surface area contributed by atoms with Gasteiger partial charge >= 0.3 is 0 Å². The van der Waals surface area contributed by atoms with Crippen LogP contribution >= 0.6 is 0 Å². The first-order valence-electron chi connectivity index (χ1n) is 10.8. The lowest BCUT2D eigenvalue weighted by Crippen LogP contribution is -2.38. The Labute approximate surface area is 193 Å². The van der Waals surface area contributed by atoms with Gasteiger partial charge in [-0.05, 0) is 56.2 Å². The van der Waals surface area contributed by atoms with E-state index in [1.54, 1.807) is 30.3 Å². The maximum atomic E-state index is 13.3. The summed E-state index contributed by atoms with van der Waals surface area (Å²) in [4.78, 5) is 44.0. The second-order valence-corrected chi connectivity index (χ2v) is 8.21. The summed E-state index contributed by atoms with van der Waals surface area (Å²) in [6.07, 6.45) is 0.0890. The van der Waals surface area contributed by atoms with Crippen LogP contribution in [0.5, 0.6) is 0 Å². The molecule has 4 rings (SSSR count). The summed E-state index contributed by atoms with van der Waals surface area (Å²) < 4.78 is 0. The summed E-state index contributed by atoms with van der Waals surface area (Å²) in [7, 11) is 0. The second kappa shape index (κ2) is 9.20. The van der Waals surface area contributed by atoms with Crippen molar-refractivity contribution in [2.75, 3.05) is 16.8 Å². The van der Waals surface area contributed by atoms with Gasteiger partial charge in [-0.3, -0.25) is 19.4 Å². The molecule has 33 heavy (non-hydrogen) atoms. The highest BCUT2D eigenvalue weighted by Gasteiger charge is 2.27. The van der Waals surface area contributed by atoms with Crippen LogP contribution in [0.1, 0.15) is 40.4 Å². The first kappa shape index (κ1) is 22.1. The van der Waals surface area contributed by atoms with Crippen LogP contribution in [-0.2, 0) is 9.59 Å². The van der Waals surface area contributed by atoms with E-state index in [0.717, 1.165) is 16.7 Å². The predicted molar refractivity (Wildman–Crippen MR) is 131 cm³/mol. The number of nitrogens with zero attached hydrogens (tertiary/aromatic N) is 2. The van der Waals surface area contributed by atoms with Crippen LogP contribution in [0.2, 0.25) is 0 Å². The molecule has 0 bridgehead atoms. The fourth-order valence-electron chi connectivity index (χ4n) is 3.97. The molecule has 166 valence electrons. The van der Waals surface area contributed by atoms with E-state index in [1.807, 2.05) is 44.2 Å². The first-order chi connectivity index (χ1) is 15.8. The molecule has 0 unspecified atom stereocenters. The van der Waals surface area contributed by atoms with E-state index in [4.69, 9.17) is 4.99 Å². The van der Waals surface area contributed by atoms with Crippen molar-refractivity contribution in [1.29, 1.82) is 0 Å². The fraction of sp³-hybridized carbons (Fsp3) is 0.185. The third-order valence-corrected chi connectivity index (χ3v) is 5.60. The average molecular weight is 440 g/mol. The molecule has 0 saturated carbocycles. The van der Waals surface area contributed by atoms with Gasteiger partial charge in [0, 0.05) is 11.3 Å². The number of para-hydroxylation sites is 2. The molecule has 1 aliphatic heterocycles. The first-order valence-corrected chi connectivity index (χ1v) is 10.8. The number of aliphatic imine (C=N–C) groups is 1. The van der Waals surface area contributed by atoms with E-state index >= 15 is 0 Å². The van der Waals surface area contributed by atoms with Gasteiger partial charge in [0.25, 0.3) is 0 Å². The van der Waals surface area contributed by atoms with Crippen molar-refractivity contribution in [2.45, 2.75) is 27.2 Å². The lowest BCUT2D eigenvalue weighted by Gasteiger charge is -2.22. The molecule has 0 fully saturated rings. The maximum Gasteiger partial charge on any atom is 0.244 e. The molecule has 0 radical (unpaired) electrons. The normalized spacial score (nSPS) is 13.1. The van der Waals surface area contributed by atoms with Gasteiger partial charge in [0.2, 0.25) is 11.8 Å². The van der Waals surface area contributed by atoms with E-state index in [0.29, 0.717) is 28.3 Å². The van der Waals surface area contributed by atoms with Gasteiger partial charge in [-0.25, -0.2) is 0 Å². The molecule has 0 aliphatic carbocycles. The number of anilines is 2. The summed E-state index contributed by atoms with van der Waals surface area (Å²) in [5, 5.41) is 2.79. The van der Waals surface area contributed by atoms with Crippen molar-refractivity contribution in [3.05, 3.63) is 89.0 Å². The SMILES string of the molecule is CC(=O)c1cccc(NC(=O)CN2C(=O)CC(c3ccc(C)cc3C)=Nc3ccccc32)c1. The van der Waals surface area contributed by atoms with Crippen LogP contribution < -0.4 is 10.2 Å². The molecular formula is C27H25N3O3. The van der Waals surface area contributed by atoms with Crippen LogP contribution in [0, 0.1) is 13.8 Å². The molecule has 2 amide bonds. The topological polar surface area (TPSA) is 78.8 Å². The predicted octanol–water partition coefficient (Wildman–Crippen LogP) is 5.00. The molecule has 3 aromatic carbocycles. The number of hydrogen-bond acceptors (Lipinski definition) is 4. The number of carbonyl (C=O) groups is 3. The van der Waals surface area contributed by atoms with Gasteiger partial charge in [0.15, 0.2) is 5.78 Å². The summed E-state index contributed by atoms with van der Waals surface area (Å²) >= 11 is 0. The monoisotopic (exact) mass is 439 g/mol. The summed E-state index contributed by atoms with van der Waals surface area (Å²) in [5.74, 6) is -0.640. The van der Waals surface area contributed by atoms with E-state index in [2.05, 4.69) is 11.4 Å². The summed E-state index contributed by atoms with van der Waals surface area (Å²) in [6.45, 7) is 5.35. The Morgan fingerprint density at radius 2 is 1.79 bits per heavy atom. The number of rotatable bonds is 5. The zero-order chi connectivity index (χ0) is 23.5. The number of fused-ring (bicyclic) bond motifs is 1. The number of benzene rings is 3. The molecule has 1 aliphatic rings. The number of aryl methyl sites for hydroxylation is 2. The minimum Gasteiger partial charge on any atom is -0.325 e. The highest BCUT2D eigenvalue weighted by Crippen LogP contribution is 2.33. The molecule has 0 saturated heterocycles. The van der Waals surface area contributed by atoms with Gasteiger partial charge < -0.3 is 10.2 Å². The Bertz CT molecular complexity index is 1290. The molecule has 0 atom stereocenters. The minimum absolute atomic E-state index is 0.0844. The molecule has 6 nitrogen and oxygen atoms in total. The number of nitrogens with one attached hydrogen (secondary N) is 1. The molecule has 6 heteroatoms. The Balaban J connectivity index is 1.61. The Hall–Kier alpha value is -4.06. The van der Waals surface area contributed by atoms with E-state index in [-0.39, 0.29) is 30.6 Å². The molecule has 0 aromatic heterocycles. The van der Waals surface area contributed by atoms with Gasteiger partial charge in [-0.1, -0.05) is 48.0 Å². The zero-order valence-corrected chi connectivity index (χ0v) is 18.9. The lowest BCUT2D eigenvalue weighted by atomic mass is 9.99. The van der Waals surface area contributed by atoms with Crippen LogP contribution in [-0.4, -0.2) is 29.9 Å². The molecule has 1 heterocycles. The largest absolute Gasteiger partial charge is 0.325 e. The van der Waals surface area contributed by atoms with Gasteiger partial charge in [-0.15, -0.1) is 0 Å². The Kier molecular flexibility index (Phi) is 6.18. The van der Waals surface area contributed by atoms with Crippen LogP contribution in [0.4, 0.5) is 17.1 Å². The van der Waals surface area contributed by atoms with E-state index in [9.17, 15) is 14.4 Å². The van der Waals surface area contributed by atoms with Gasteiger partial charge in [0.1, 0.15) is 6.54 Å². The van der Waals surface area contributed by atoms with Gasteiger partial charge in [0.05, 0.1) is 23.5 Å². The minimum atomic E-state index is -0.353. The van der Waals surface area contributed by atoms with E-state index in [1.165, 1.54) is 11.8 Å². The van der Waals surface area contributed by atoms with Crippen LogP contribution in [0.15, 0.2) is 71.7 Å². The maximum absolute atomic E-state index is 13.3. The van der Waals surface area contributed by atoms with Crippen LogP contribution in [0.25, 0.3) is 0 Å². The Morgan fingerprint density at radius 1 is 1.00 bits per heavy atom.